The Morgan fingerprint density at radius 3 is 2.61 bits per heavy atom. The Bertz CT molecular complexity index is 1060. The van der Waals surface area contributed by atoms with E-state index >= 15 is 0 Å². The van der Waals surface area contributed by atoms with Gasteiger partial charge in [0.2, 0.25) is 12.1 Å². The van der Waals surface area contributed by atoms with Crippen molar-refractivity contribution in [2.45, 2.75) is 20.0 Å². The molecular formula is C23H25N5O3. The first kappa shape index (κ1) is 20.5. The molecule has 3 N–H and O–H groups in total. The van der Waals surface area contributed by atoms with Crippen molar-refractivity contribution in [2.75, 3.05) is 30.3 Å². The zero-order valence-corrected chi connectivity index (χ0v) is 17.5. The topological polar surface area (TPSA) is 97.4 Å². The van der Waals surface area contributed by atoms with Gasteiger partial charge < -0.3 is 25.4 Å². The van der Waals surface area contributed by atoms with Crippen molar-refractivity contribution in [1.82, 2.24) is 15.3 Å². The zero-order valence-electron chi connectivity index (χ0n) is 17.5. The fourth-order valence-electron chi connectivity index (χ4n) is 3.12. The number of fused-ring (bicyclic) bond motifs is 1. The summed E-state index contributed by atoms with van der Waals surface area (Å²) in [5.74, 6) is 2.21. The predicted molar refractivity (Wildman–Crippen MR) is 119 cm³/mol. The molecule has 4 rings (SSSR count). The molecule has 0 bridgehead atoms. The highest BCUT2D eigenvalue weighted by molar-refractivity contribution is 5.81. The number of nitrogens with one attached hydrogen (secondary N) is 3. The molecule has 0 fully saturated rings. The molecule has 0 saturated heterocycles. The van der Waals surface area contributed by atoms with Gasteiger partial charge in [0.05, 0.1) is 0 Å². The molecule has 1 aliphatic heterocycles. The third-order valence-electron chi connectivity index (χ3n) is 4.69. The molecule has 1 aliphatic rings. The maximum atomic E-state index is 12.4. The Labute approximate surface area is 181 Å². The van der Waals surface area contributed by atoms with Crippen LogP contribution in [0.4, 0.5) is 17.5 Å². The van der Waals surface area contributed by atoms with Gasteiger partial charge in [-0.15, -0.1) is 0 Å². The highest BCUT2D eigenvalue weighted by atomic mass is 16.6. The molecule has 8 heteroatoms. The SMILES string of the molecule is Cc1ccc(Nc2cc(C)nc(NCCNC(=O)C3COc4ccccc4O3)n2)cc1. The van der Waals surface area contributed by atoms with Crippen molar-refractivity contribution < 1.29 is 14.3 Å². The number of hydrogen-bond donors (Lipinski definition) is 3. The fourth-order valence-corrected chi connectivity index (χ4v) is 3.12. The lowest BCUT2D eigenvalue weighted by Gasteiger charge is -2.25. The van der Waals surface area contributed by atoms with E-state index in [-0.39, 0.29) is 12.5 Å². The van der Waals surface area contributed by atoms with Crippen LogP contribution in [0.15, 0.2) is 54.6 Å². The second-order valence-electron chi connectivity index (χ2n) is 7.29. The van der Waals surface area contributed by atoms with Crippen LogP contribution in [-0.2, 0) is 4.79 Å². The third-order valence-corrected chi connectivity index (χ3v) is 4.69. The van der Waals surface area contributed by atoms with E-state index in [1.807, 2.05) is 62.4 Å². The Balaban J connectivity index is 1.26. The van der Waals surface area contributed by atoms with Crippen molar-refractivity contribution in [3.8, 4) is 11.5 Å². The van der Waals surface area contributed by atoms with Crippen LogP contribution in [0.3, 0.4) is 0 Å². The van der Waals surface area contributed by atoms with E-state index in [1.165, 1.54) is 5.56 Å². The van der Waals surface area contributed by atoms with Gasteiger partial charge in [0.25, 0.3) is 5.91 Å². The second-order valence-corrected chi connectivity index (χ2v) is 7.29. The highest BCUT2D eigenvalue weighted by Gasteiger charge is 2.26. The second kappa shape index (κ2) is 9.34. The predicted octanol–water partition coefficient (Wildman–Crippen LogP) is 3.21. The van der Waals surface area contributed by atoms with Gasteiger partial charge in [-0.25, -0.2) is 4.98 Å². The van der Waals surface area contributed by atoms with E-state index in [2.05, 4.69) is 25.9 Å². The minimum Gasteiger partial charge on any atom is -0.485 e. The van der Waals surface area contributed by atoms with Crippen LogP contribution in [0.2, 0.25) is 0 Å². The quantitative estimate of drug-likeness (QED) is 0.506. The molecule has 1 amide bonds. The van der Waals surface area contributed by atoms with E-state index < -0.39 is 6.10 Å². The normalized spacial score (nSPS) is 14.6. The van der Waals surface area contributed by atoms with Crippen molar-refractivity contribution >= 4 is 23.4 Å². The van der Waals surface area contributed by atoms with Gasteiger partial charge in [-0.3, -0.25) is 4.79 Å². The molecule has 0 spiro atoms. The Hall–Kier alpha value is -3.81. The smallest absolute Gasteiger partial charge is 0.264 e. The van der Waals surface area contributed by atoms with Gasteiger partial charge in [0.15, 0.2) is 11.5 Å². The Kier molecular flexibility index (Phi) is 6.16. The standard InChI is InChI=1S/C23H25N5O3/c1-15-7-9-17(10-8-15)27-21-13-16(2)26-23(28-21)25-12-11-24-22(29)20-14-30-18-5-3-4-6-19(18)31-20/h3-10,13,20H,11-12,14H2,1-2H3,(H,24,29)(H2,25,26,27,28). The van der Waals surface area contributed by atoms with E-state index in [4.69, 9.17) is 9.47 Å². The van der Waals surface area contributed by atoms with Gasteiger partial charge in [0.1, 0.15) is 12.4 Å². The number of anilines is 3. The molecule has 0 radical (unpaired) electrons. The summed E-state index contributed by atoms with van der Waals surface area (Å²) in [7, 11) is 0. The first-order valence-electron chi connectivity index (χ1n) is 10.2. The Morgan fingerprint density at radius 2 is 1.81 bits per heavy atom. The molecule has 3 aromatic rings. The summed E-state index contributed by atoms with van der Waals surface area (Å²) in [6.07, 6.45) is -0.671. The molecular weight excluding hydrogens is 394 g/mol. The molecule has 0 aliphatic carbocycles. The van der Waals surface area contributed by atoms with Gasteiger partial charge >= 0.3 is 0 Å². The summed E-state index contributed by atoms with van der Waals surface area (Å²) in [6.45, 7) is 5.02. The zero-order chi connectivity index (χ0) is 21.6. The number of hydrogen-bond acceptors (Lipinski definition) is 7. The van der Waals surface area contributed by atoms with Gasteiger partial charge in [-0.2, -0.15) is 4.98 Å². The van der Waals surface area contributed by atoms with Gasteiger partial charge in [-0.1, -0.05) is 29.8 Å². The summed E-state index contributed by atoms with van der Waals surface area (Å²) >= 11 is 0. The summed E-state index contributed by atoms with van der Waals surface area (Å²) in [5, 5.41) is 9.28. The van der Waals surface area contributed by atoms with Crippen LogP contribution in [0, 0.1) is 13.8 Å². The first-order valence-corrected chi connectivity index (χ1v) is 10.2. The Morgan fingerprint density at radius 1 is 1.03 bits per heavy atom. The molecule has 1 aromatic heterocycles. The van der Waals surface area contributed by atoms with Crippen LogP contribution in [0.25, 0.3) is 0 Å². The van der Waals surface area contributed by atoms with E-state index in [0.29, 0.717) is 36.4 Å². The fraction of sp³-hybridized carbons (Fsp3) is 0.261. The maximum absolute atomic E-state index is 12.4. The summed E-state index contributed by atoms with van der Waals surface area (Å²) in [4.78, 5) is 21.3. The number of carbonyl (C=O) groups is 1. The van der Waals surface area contributed by atoms with Crippen molar-refractivity contribution in [3.63, 3.8) is 0 Å². The lowest BCUT2D eigenvalue weighted by molar-refractivity contribution is -0.130. The minimum absolute atomic E-state index is 0.186. The molecule has 0 saturated carbocycles. The van der Waals surface area contributed by atoms with Crippen LogP contribution >= 0.6 is 0 Å². The third kappa shape index (κ3) is 5.42. The number of ether oxygens (including phenoxy) is 2. The maximum Gasteiger partial charge on any atom is 0.264 e. The summed E-state index contributed by atoms with van der Waals surface area (Å²) in [6, 6.07) is 17.3. The number of rotatable bonds is 7. The number of aromatic nitrogens is 2. The van der Waals surface area contributed by atoms with Gasteiger partial charge in [-0.05, 0) is 38.1 Å². The van der Waals surface area contributed by atoms with E-state index in [0.717, 1.165) is 11.4 Å². The number of para-hydroxylation sites is 2. The molecule has 8 nitrogen and oxygen atoms in total. The molecule has 1 atom stereocenters. The molecule has 160 valence electrons. The number of carbonyl (C=O) groups excluding carboxylic acids is 1. The monoisotopic (exact) mass is 419 g/mol. The lowest BCUT2D eigenvalue weighted by Crippen LogP contribution is -2.45. The van der Waals surface area contributed by atoms with Crippen molar-refractivity contribution in [3.05, 3.63) is 65.9 Å². The average molecular weight is 419 g/mol. The van der Waals surface area contributed by atoms with Crippen LogP contribution < -0.4 is 25.4 Å². The summed E-state index contributed by atoms with van der Waals surface area (Å²) in [5.41, 5.74) is 2.99. The van der Waals surface area contributed by atoms with Crippen molar-refractivity contribution in [2.24, 2.45) is 0 Å². The average Bonchev–Trinajstić information content (AvgIpc) is 2.77. The molecule has 2 aromatic carbocycles. The van der Waals surface area contributed by atoms with Crippen LogP contribution in [-0.4, -0.2) is 41.7 Å². The van der Waals surface area contributed by atoms with E-state index in [1.54, 1.807) is 6.07 Å². The molecule has 31 heavy (non-hydrogen) atoms. The summed E-state index contributed by atoms with van der Waals surface area (Å²) < 4.78 is 11.3. The molecule has 1 unspecified atom stereocenters. The van der Waals surface area contributed by atoms with Crippen LogP contribution in [0.5, 0.6) is 11.5 Å². The highest BCUT2D eigenvalue weighted by Crippen LogP contribution is 2.30. The van der Waals surface area contributed by atoms with Crippen LogP contribution in [0.1, 0.15) is 11.3 Å². The van der Waals surface area contributed by atoms with Gasteiger partial charge in [0, 0.05) is 30.5 Å². The minimum atomic E-state index is -0.671. The number of aryl methyl sites for hydroxylation is 2. The van der Waals surface area contributed by atoms with E-state index in [9.17, 15) is 4.79 Å². The lowest BCUT2D eigenvalue weighted by atomic mass is 10.2. The number of nitrogens with zero attached hydrogens (tertiary/aromatic N) is 2. The molecule has 2 heterocycles. The number of benzene rings is 2. The number of amides is 1. The van der Waals surface area contributed by atoms with Crippen molar-refractivity contribution in [1.29, 1.82) is 0 Å². The largest absolute Gasteiger partial charge is 0.485 e. The first-order chi connectivity index (χ1) is 15.1.